The maximum absolute atomic E-state index is 14.9. The molecule has 0 heterocycles. The molecule has 0 aliphatic carbocycles. The number of Topliss-reactive ketones (excluding diaryl/α,β-unsaturated/α-hetero) is 3. The fourth-order valence-electron chi connectivity index (χ4n) is 12.6. The van der Waals surface area contributed by atoms with Gasteiger partial charge in [-0.2, -0.15) is 0 Å². The molecule has 0 aliphatic heterocycles. The summed E-state index contributed by atoms with van der Waals surface area (Å²) < 4.78 is 70.9. The van der Waals surface area contributed by atoms with E-state index in [1.807, 2.05) is 0 Å². The number of ether oxygens (including phenoxy) is 13. The van der Waals surface area contributed by atoms with Gasteiger partial charge in [0.05, 0.1) is 162 Å². The summed E-state index contributed by atoms with van der Waals surface area (Å²) in [4.78, 5) is 269. The molecule has 0 aromatic rings. The van der Waals surface area contributed by atoms with E-state index < -0.39 is 233 Å². The minimum atomic E-state index is -1.23. The smallest absolute Gasteiger partial charge is 0.385 e. The van der Waals surface area contributed by atoms with Crippen molar-refractivity contribution < 1.29 is 157 Å². The van der Waals surface area contributed by atoms with E-state index in [0.717, 1.165) is 4.90 Å². The van der Waals surface area contributed by atoms with E-state index in [4.69, 9.17) is 61.6 Å². The van der Waals surface area contributed by atoms with Crippen LogP contribution in [0.3, 0.4) is 0 Å². The monoisotopic (exact) mass is 1960 g/mol. The average Bonchev–Trinajstić information content (AvgIpc) is 0.904. The second-order valence-corrected chi connectivity index (χ2v) is 32.3. The lowest BCUT2D eigenvalue weighted by Crippen LogP contribution is -2.45. The van der Waals surface area contributed by atoms with Crippen LogP contribution >= 0.6 is 0 Å². The van der Waals surface area contributed by atoms with Gasteiger partial charge in [0.2, 0.25) is 29.5 Å². The van der Waals surface area contributed by atoms with Crippen molar-refractivity contribution in [2.75, 3.05) is 91.9 Å². The molecule has 10 unspecified atom stereocenters. The first-order valence-electron chi connectivity index (χ1n) is 46.8. The number of rotatable bonds is 68. The molecule has 0 aliphatic rings. The summed E-state index contributed by atoms with van der Waals surface area (Å²) in [7, 11) is 0. The Hall–Kier alpha value is -14.0. The van der Waals surface area contributed by atoms with Crippen molar-refractivity contribution in [3.05, 3.63) is 12.3 Å². The van der Waals surface area contributed by atoms with Gasteiger partial charge in [-0.05, 0) is 173 Å². The molecule has 768 valence electrons. The van der Waals surface area contributed by atoms with Gasteiger partial charge >= 0.3 is 71.6 Å². The Morgan fingerprint density at radius 2 is 0.421 bits per heavy atom. The number of hydrogen-bond donors (Lipinski definition) is 0. The summed E-state index contributed by atoms with van der Waals surface area (Å²) >= 11 is 0. The molecule has 38 heteroatoms. The van der Waals surface area contributed by atoms with Crippen LogP contribution in [0.25, 0.3) is 0 Å². The Labute approximate surface area is 821 Å². The van der Waals surface area contributed by atoms with Gasteiger partial charge in [0.1, 0.15) is 72.3 Å². The third-order valence-electron chi connectivity index (χ3n) is 19.0. The summed E-state index contributed by atoms with van der Waals surface area (Å²) in [5, 5.41) is 0. The van der Waals surface area contributed by atoms with E-state index in [9.17, 15) is 95.9 Å². The van der Waals surface area contributed by atoms with Gasteiger partial charge in [-0.15, -0.1) is 0 Å². The first-order chi connectivity index (χ1) is 66.4. The van der Waals surface area contributed by atoms with Gasteiger partial charge in [0.25, 0.3) is 0 Å². The van der Waals surface area contributed by atoms with Crippen LogP contribution in [0.4, 0.5) is 0 Å². The summed E-state index contributed by atoms with van der Waals surface area (Å²) in [6, 6.07) is 0. The van der Waals surface area contributed by atoms with Crippen molar-refractivity contribution in [2.45, 2.75) is 320 Å². The number of esters is 12. The van der Waals surface area contributed by atoms with Crippen molar-refractivity contribution in [1.29, 1.82) is 0 Å². The largest absolute Gasteiger partial charge is 0.494 e. The molecule has 0 saturated carbocycles. The fourth-order valence-corrected chi connectivity index (χ4v) is 12.6. The number of hydrogen-bond acceptors (Lipinski definition) is 33. The minimum absolute atomic E-state index is 0.0336. The molecule has 0 saturated heterocycles. The lowest BCUT2D eigenvalue weighted by molar-refractivity contribution is -0.158. The summed E-state index contributed by atoms with van der Waals surface area (Å²) in [6.07, 6.45) is -15.4. The zero-order chi connectivity index (χ0) is 105. The number of ketones is 3. The molecule has 0 radical (unpaired) electrons. The van der Waals surface area contributed by atoms with Gasteiger partial charge in [-0.25, -0.2) is 4.79 Å². The normalized spacial score (nSPS) is 12.2. The van der Waals surface area contributed by atoms with Crippen LogP contribution in [0.15, 0.2) is 12.3 Å². The zero-order valence-corrected chi connectivity index (χ0v) is 83.9. The highest BCUT2D eigenvalue weighted by molar-refractivity contribution is 5.90. The van der Waals surface area contributed by atoms with Crippen molar-refractivity contribution in [3.8, 4) is 94.7 Å². The Kier molecular flexibility index (Phi) is 67.6. The van der Waals surface area contributed by atoms with E-state index in [2.05, 4.69) is 101 Å². The molecule has 38 nitrogen and oxygen atoms in total. The molecule has 0 N–H and O–H groups in total. The van der Waals surface area contributed by atoms with E-state index >= 15 is 0 Å². The Morgan fingerprint density at radius 1 is 0.229 bits per heavy atom. The highest BCUT2D eigenvalue weighted by Crippen LogP contribution is 2.19. The quantitative estimate of drug-likeness (QED) is 0.0191. The number of carbonyl (C=O) groups is 20. The van der Waals surface area contributed by atoms with Crippen LogP contribution in [0.5, 0.6) is 0 Å². The van der Waals surface area contributed by atoms with Gasteiger partial charge < -0.3 is 86.1 Å². The Bertz CT molecular complexity index is 4660. The molecular formula is C102H137N5O33. The topological polar surface area (TPSA) is 478 Å². The van der Waals surface area contributed by atoms with Gasteiger partial charge in [-0.3, -0.25) is 91.1 Å². The zero-order valence-electron chi connectivity index (χ0n) is 83.9. The van der Waals surface area contributed by atoms with E-state index in [-0.39, 0.29) is 185 Å². The number of allylic oxidation sites excluding steroid dienone is 1. The lowest BCUT2D eigenvalue weighted by atomic mass is 10.1. The molecule has 0 spiro atoms. The van der Waals surface area contributed by atoms with Crippen molar-refractivity contribution >= 4 is 119 Å². The van der Waals surface area contributed by atoms with E-state index in [1.165, 1.54) is 75.0 Å². The summed E-state index contributed by atoms with van der Waals surface area (Å²) in [5.41, 5.74) is 0. The molecule has 10 atom stereocenters. The van der Waals surface area contributed by atoms with Crippen LogP contribution in [0.2, 0.25) is 0 Å². The third kappa shape index (κ3) is 65.7. The average molecular weight is 1960 g/mol. The van der Waals surface area contributed by atoms with Crippen LogP contribution in [0.1, 0.15) is 265 Å². The van der Waals surface area contributed by atoms with Crippen LogP contribution in [0, 0.1) is 101 Å². The molecule has 0 fully saturated rings. The molecule has 5 amide bonds. The fraction of sp³-hybridized carbons (Fsp3) is 0.627. The van der Waals surface area contributed by atoms with Gasteiger partial charge in [0, 0.05) is 95.4 Å². The first kappa shape index (κ1) is 126. The second-order valence-electron chi connectivity index (χ2n) is 32.3. The molecule has 0 rings (SSSR count). The number of nitrogens with zero attached hydrogens (tertiary/aromatic N) is 5. The SMILES string of the molecule is C=C(CCC(=O)CC)OC(C)CN(CC(C)OC(=O)CCC(=O)OCC)C(=O)CCC(=O)OC(C)CN(CC(C)OC(=O)CCC(=O)N(CC(C)OC(=O)CCC(=O)CC)CC(C)OC(=O)CCC(=O)CC)C(=O)CCC(=O)N(CC(C)COC(=O)C#CC#CC#CC#CC#CC#CC#CC#CC)CC(C)OC(=O)CCC(=O)N(CC(C)OC(=O)CCC(=O)OCC)CC(C)OC(=O)CCC(=O)OCC. The van der Waals surface area contributed by atoms with E-state index in [0.29, 0.717) is 6.42 Å². The predicted octanol–water partition coefficient (Wildman–Crippen LogP) is 7.16. The molecule has 0 bridgehead atoms. The Balaban J connectivity index is 7.82. The van der Waals surface area contributed by atoms with Crippen molar-refractivity contribution in [1.82, 2.24) is 24.5 Å². The second kappa shape index (κ2) is 75.1. The van der Waals surface area contributed by atoms with Crippen LogP contribution < -0.4 is 0 Å². The van der Waals surface area contributed by atoms with Gasteiger partial charge in [-0.1, -0.05) is 40.2 Å². The van der Waals surface area contributed by atoms with Crippen LogP contribution in [-0.4, -0.2) is 290 Å². The van der Waals surface area contributed by atoms with Gasteiger partial charge in [0.15, 0.2) is 0 Å². The molecule has 140 heavy (non-hydrogen) atoms. The summed E-state index contributed by atoms with van der Waals surface area (Å²) in [6.45, 7) is 26.9. The highest BCUT2D eigenvalue weighted by atomic mass is 16.6. The number of amides is 5. The van der Waals surface area contributed by atoms with Crippen molar-refractivity contribution in [2.24, 2.45) is 5.92 Å². The first-order valence-corrected chi connectivity index (χ1v) is 46.8. The highest BCUT2D eigenvalue weighted by Gasteiger charge is 2.32. The minimum Gasteiger partial charge on any atom is -0.494 e. The maximum Gasteiger partial charge on any atom is 0.385 e. The molecule has 0 aromatic carbocycles. The number of carbonyl (C=O) groups excluding carboxylic acids is 20. The van der Waals surface area contributed by atoms with E-state index in [1.54, 1.807) is 62.3 Å². The van der Waals surface area contributed by atoms with Crippen molar-refractivity contribution in [3.63, 3.8) is 0 Å². The van der Waals surface area contributed by atoms with Crippen LogP contribution in [-0.2, 0) is 157 Å². The predicted molar refractivity (Wildman–Crippen MR) is 503 cm³/mol. The standard InChI is InChI=1S/C102H137N5O33/c1-19-26-27-28-29-30-31-32-33-34-35-36-37-38-39-40-91(116)131-71-72(8)61-103(63-75(11)135-97(122)53-48-90(115)107(69-81(17)139-101(126)59-56-93(118)129-24-6)70-82(18)140-102(127)60-57-94(119)130-25-7)86(111)45-46-87(112)105(66-79(15)137-99(124)54-49-89(114)106(67-76(12)133-95(120)50-43-84(109)21-3)68-77(13)134-96(121)51-44-85(110)22-4)65-78(14)136-98(123)52-47-88(113)104(62-74(10)132-73(9)41-42-83(108)20-2)64-80(16)138-100(125)58-55-92(117)128-23-5/h72,74-82H,9,20-25,41-71H2,1-8,10-18H3. The summed E-state index contributed by atoms with van der Waals surface area (Å²) in [5.74, 6) is 25.0. The third-order valence-corrected chi connectivity index (χ3v) is 19.0. The molecule has 0 aromatic heterocycles. The Morgan fingerprint density at radius 3 is 0.657 bits per heavy atom. The molecular weight excluding hydrogens is 1820 g/mol. The maximum atomic E-state index is 14.9. The lowest BCUT2D eigenvalue weighted by Gasteiger charge is -2.30.